The molecule has 1 amide bonds. The third kappa shape index (κ3) is 11.2. The molecule has 45 heavy (non-hydrogen) atoms. The Balaban J connectivity index is 1.73. The quantitative estimate of drug-likeness (QED) is 0.0736. The molecule has 0 fully saturated rings. The molecule has 15 heteroatoms. The average molecular weight is 644 g/mol. The molecule has 0 aliphatic carbocycles. The zero-order valence-electron chi connectivity index (χ0n) is 25.0. The SMILES string of the molecule is COC(=O)[C@H](Cc1ccc(OP(=O)(N[C@@H](C)C(=O)OC(C)C)Oc2ccc([N+](=O)[O-])cc2)cc1)NC(=O)OCc1ccccc1. The minimum absolute atomic E-state index is 0.0104. The van der Waals surface area contributed by atoms with Crippen LogP contribution in [0, 0.1) is 10.1 Å². The Morgan fingerprint density at radius 3 is 1.96 bits per heavy atom. The molecular formula is C30H34N3O11P. The Labute approximate surface area is 259 Å². The van der Waals surface area contributed by atoms with Crippen LogP contribution in [0.25, 0.3) is 0 Å². The highest BCUT2D eigenvalue weighted by molar-refractivity contribution is 7.52. The van der Waals surface area contributed by atoms with Crippen LogP contribution >= 0.6 is 7.75 Å². The van der Waals surface area contributed by atoms with Crippen LogP contribution in [0.1, 0.15) is 31.9 Å². The summed E-state index contributed by atoms with van der Waals surface area (Å²) < 4.78 is 40.3. The second-order valence-corrected chi connectivity index (χ2v) is 11.5. The Morgan fingerprint density at radius 1 is 0.844 bits per heavy atom. The molecule has 3 aromatic carbocycles. The molecule has 1 unspecified atom stereocenters. The van der Waals surface area contributed by atoms with Gasteiger partial charge in [0, 0.05) is 18.6 Å². The molecule has 0 aliphatic rings. The van der Waals surface area contributed by atoms with Crippen LogP contribution in [0.5, 0.6) is 11.5 Å². The number of nitrogens with one attached hydrogen (secondary N) is 2. The average Bonchev–Trinajstić information content (AvgIpc) is 3.00. The smallest absolute Gasteiger partial charge is 0.467 e. The Kier molecular flexibility index (Phi) is 12.5. The first-order valence-electron chi connectivity index (χ1n) is 13.7. The van der Waals surface area contributed by atoms with Crippen LogP contribution in [0.4, 0.5) is 10.5 Å². The standard InChI is InChI=1S/C30H34N3O11P/c1-20(2)42-28(34)21(3)32-45(39,44-26-16-12-24(13-17-26)33(37)38)43-25-14-10-22(11-15-25)18-27(29(35)40-4)31-30(36)41-19-23-8-6-5-7-9-23/h5-17,20-21,27H,18-19H2,1-4H3,(H,31,36)(H,32,39)/t21-,27-,45?/m0/s1. The molecule has 0 aromatic heterocycles. The van der Waals surface area contributed by atoms with E-state index in [4.69, 9.17) is 23.3 Å². The highest BCUT2D eigenvalue weighted by atomic mass is 31.2. The molecule has 240 valence electrons. The summed E-state index contributed by atoms with van der Waals surface area (Å²) >= 11 is 0. The number of hydrogen-bond donors (Lipinski definition) is 2. The van der Waals surface area contributed by atoms with Gasteiger partial charge in [-0.1, -0.05) is 42.5 Å². The lowest BCUT2D eigenvalue weighted by molar-refractivity contribution is -0.384. The molecule has 0 saturated carbocycles. The van der Waals surface area contributed by atoms with Gasteiger partial charge in [0.05, 0.1) is 18.1 Å². The number of rotatable bonds is 15. The molecule has 0 radical (unpaired) electrons. The number of amides is 1. The summed E-state index contributed by atoms with van der Waals surface area (Å²) in [7, 11) is -3.15. The lowest BCUT2D eigenvalue weighted by atomic mass is 10.1. The third-order valence-corrected chi connectivity index (χ3v) is 7.52. The van der Waals surface area contributed by atoms with E-state index < -0.39 is 48.9 Å². The molecular weight excluding hydrogens is 609 g/mol. The van der Waals surface area contributed by atoms with Gasteiger partial charge in [-0.25, -0.2) is 14.2 Å². The maximum atomic E-state index is 13.8. The van der Waals surface area contributed by atoms with Gasteiger partial charge in [0.25, 0.3) is 5.69 Å². The van der Waals surface area contributed by atoms with Gasteiger partial charge in [-0.05, 0) is 56.2 Å². The van der Waals surface area contributed by atoms with Gasteiger partial charge in [-0.3, -0.25) is 14.9 Å². The zero-order chi connectivity index (χ0) is 33.0. The summed E-state index contributed by atoms with van der Waals surface area (Å²) in [6.45, 7) is 4.73. The fourth-order valence-electron chi connectivity index (χ4n) is 3.77. The van der Waals surface area contributed by atoms with Crippen LogP contribution in [-0.4, -0.2) is 48.3 Å². The molecule has 0 heterocycles. The predicted molar refractivity (Wildman–Crippen MR) is 161 cm³/mol. The number of hydrogen-bond acceptors (Lipinski definition) is 11. The second kappa shape index (κ2) is 16.2. The molecule has 3 atom stereocenters. The van der Waals surface area contributed by atoms with Crippen molar-refractivity contribution in [2.75, 3.05) is 7.11 Å². The van der Waals surface area contributed by atoms with E-state index in [1.807, 2.05) is 6.07 Å². The second-order valence-electron chi connectivity index (χ2n) is 9.90. The van der Waals surface area contributed by atoms with Crippen LogP contribution in [0.3, 0.4) is 0 Å². The minimum Gasteiger partial charge on any atom is -0.467 e. The Hall–Kier alpha value is -4.94. The number of methoxy groups -OCH3 is 1. The van der Waals surface area contributed by atoms with Crippen molar-refractivity contribution in [1.82, 2.24) is 10.4 Å². The van der Waals surface area contributed by atoms with Crippen LogP contribution < -0.4 is 19.5 Å². The maximum absolute atomic E-state index is 13.8. The van der Waals surface area contributed by atoms with Gasteiger partial charge in [-0.2, -0.15) is 5.09 Å². The largest absolute Gasteiger partial charge is 0.513 e. The monoisotopic (exact) mass is 643 g/mol. The lowest BCUT2D eigenvalue weighted by Gasteiger charge is -2.23. The summed E-state index contributed by atoms with van der Waals surface area (Å²) in [5.41, 5.74) is 1.14. The predicted octanol–water partition coefficient (Wildman–Crippen LogP) is 5.10. The first-order valence-corrected chi connectivity index (χ1v) is 15.3. The summed E-state index contributed by atoms with van der Waals surface area (Å²) in [4.78, 5) is 47.6. The number of carbonyl (C=O) groups is 3. The molecule has 14 nitrogen and oxygen atoms in total. The van der Waals surface area contributed by atoms with E-state index >= 15 is 0 Å². The first-order chi connectivity index (χ1) is 21.4. The normalized spacial score (nSPS) is 13.4. The van der Waals surface area contributed by atoms with Crippen molar-refractivity contribution in [3.8, 4) is 11.5 Å². The number of esters is 2. The van der Waals surface area contributed by atoms with Gasteiger partial charge >= 0.3 is 25.8 Å². The van der Waals surface area contributed by atoms with E-state index in [-0.39, 0.29) is 30.2 Å². The van der Waals surface area contributed by atoms with E-state index in [0.717, 1.165) is 17.7 Å². The van der Waals surface area contributed by atoms with E-state index in [2.05, 4.69) is 10.4 Å². The van der Waals surface area contributed by atoms with E-state index in [1.165, 1.54) is 38.3 Å². The Morgan fingerprint density at radius 2 is 1.42 bits per heavy atom. The van der Waals surface area contributed by atoms with Crippen molar-refractivity contribution in [2.45, 2.75) is 52.0 Å². The molecule has 0 saturated heterocycles. The van der Waals surface area contributed by atoms with Gasteiger partial charge in [0.2, 0.25) is 0 Å². The van der Waals surface area contributed by atoms with Gasteiger partial charge in [-0.15, -0.1) is 0 Å². The highest BCUT2D eigenvalue weighted by Crippen LogP contribution is 2.45. The number of non-ortho nitro benzene ring substituents is 1. The number of nitrogens with zero attached hydrogens (tertiary/aromatic N) is 1. The maximum Gasteiger partial charge on any atom is 0.513 e. The van der Waals surface area contributed by atoms with Crippen molar-refractivity contribution in [3.05, 3.63) is 100 Å². The summed E-state index contributed by atoms with van der Waals surface area (Å²) in [5, 5.41) is 16.0. The number of ether oxygens (including phenoxy) is 3. The van der Waals surface area contributed by atoms with E-state index in [9.17, 15) is 29.1 Å². The van der Waals surface area contributed by atoms with Crippen LogP contribution in [0.2, 0.25) is 0 Å². The third-order valence-electron chi connectivity index (χ3n) is 5.91. The van der Waals surface area contributed by atoms with Crippen molar-refractivity contribution in [3.63, 3.8) is 0 Å². The number of benzene rings is 3. The number of nitro benzene ring substituents is 1. The Bertz CT molecular complexity index is 1500. The number of carbonyl (C=O) groups excluding carboxylic acids is 3. The number of nitro groups is 1. The van der Waals surface area contributed by atoms with Crippen molar-refractivity contribution in [2.24, 2.45) is 0 Å². The van der Waals surface area contributed by atoms with E-state index in [0.29, 0.717) is 5.56 Å². The van der Waals surface area contributed by atoms with Crippen molar-refractivity contribution < 1.29 is 47.1 Å². The van der Waals surface area contributed by atoms with Crippen LogP contribution in [0.15, 0.2) is 78.9 Å². The summed E-state index contributed by atoms with van der Waals surface area (Å²) in [6.07, 6.45) is -1.21. The summed E-state index contributed by atoms with van der Waals surface area (Å²) in [5.74, 6) is -1.37. The molecule has 0 spiro atoms. The first kappa shape index (κ1) is 34.5. The van der Waals surface area contributed by atoms with Crippen molar-refractivity contribution >= 4 is 31.5 Å². The lowest BCUT2D eigenvalue weighted by Crippen LogP contribution is -2.43. The molecule has 3 aromatic rings. The fourth-order valence-corrected chi connectivity index (χ4v) is 5.29. The van der Waals surface area contributed by atoms with E-state index in [1.54, 1.807) is 50.2 Å². The van der Waals surface area contributed by atoms with Crippen LogP contribution in [-0.2, 0) is 41.4 Å². The molecule has 0 bridgehead atoms. The fraction of sp³-hybridized carbons (Fsp3) is 0.300. The van der Waals surface area contributed by atoms with Gasteiger partial charge < -0.3 is 28.6 Å². The summed E-state index contributed by atoms with van der Waals surface area (Å²) in [6, 6.07) is 17.6. The topological polar surface area (TPSA) is 182 Å². The molecule has 2 N–H and O–H groups in total. The zero-order valence-corrected chi connectivity index (χ0v) is 25.9. The van der Waals surface area contributed by atoms with Gasteiger partial charge in [0.15, 0.2) is 0 Å². The molecule has 0 aliphatic heterocycles. The van der Waals surface area contributed by atoms with Crippen molar-refractivity contribution in [1.29, 1.82) is 0 Å². The number of alkyl carbamates (subject to hydrolysis) is 1. The minimum atomic E-state index is -4.34. The van der Waals surface area contributed by atoms with Gasteiger partial charge in [0.1, 0.15) is 30.2 Å². The highest BCUT2D eigenvalue weighted by Gasteiger charge is 2.34. The molecule has 3 rings (SSSR count).